The lowest BCUT2D eigenvalue weighted by Gasteiger charge is -2.32. The number of halogens is 6. The lowest BCUT2D eigenvalue weighted by Crippen LogP contribution is -2.43. The molecule has 1 atom stereocenters. The van der Waals surface area contributed by atoms with E-state index in [4.69, 9.17) is 41.2 Å². The highest BCUT2D eigenvalue weighted by Gasteiger charge is 2.56. The number of thiophene rings is 1. The summed E-state index contributed by atoms with van der Waals surface area (Å²) in [6.07, 6.45) is 4.15. The van der Waals surface area contributed by atoms with E-state index in [9.17, 15) is 13.2 Å². The molecule has 0 aliphatic heterocycles. The Bertz CT molecular complexity index is 1030. The maximum absolute atomic E-state index is 14.5. The average Bonchev–Trinajstić information content (AvgIpc) is 3.03. The van der Waals surface area contributed by atoms with Gasteiger partial charge in [0.15, 0.2) is 5.41 Å². The SMILES string of the molecule is C#CC(CC(=NC)c1sc(C)c2c1CCCC2)(c1cc(Cl)c(Cl)c(Cl)c1)C(F)(F)F. The van der Waals surface area contributed by atoms with E-state index < -0.39 is 18.0 Å². The Hall–Kier alpha value is -1.19. The molecule has 1 heterocycles. The number of benzene rings is 1. The van der Waals surface area contributed by atoms with Crippen molar-refractivity contribution >= 4 is 51.9 Å². The van der Waals surface area contributed by atoms with Crippen LogP contribution in [0.2, 0.25) is 15.1 Å². The van der Waals surface area contributed by atoms with E-state index in [0.717, 1.165) is 53.1 Å². The number of terminal acetylenes is 1. The maximum atomic E-state index is 14.5. The van der Waals surface area contributed by atoms with Gasteiger partial charge >= 0.3 is 6.18 Å². The topological polar surface area (TPSA) is 12.4 Å². The summed E-state index contributed by atoms with van der Waals surface area (Å²) in [5, 5.41) is -0.174. The summed E-state index contributed by atoms with van der Waals surface area (Å²) in [6.45, 7) is 2.00. The van der Waals surface area contributed by atoms with Crippen LogP contribution in [0.5, 0.6) is 0 Å². The molecule has 0 N–H and O–H groups in total. The molecular weight excluding hydrogens is 474 g/mol. The Balaban J connectivity index is 2.16. The molecule has 30 heavy (non-hydrogen) atoms. The second-order valence-electron chi connectivity index (χ2n) is 7.30. The summed E-state index contributed by atoms with van der Waals surface area (Å²) in [4.78, 5) is 6.17. The molecule has 1 nitrogen and oxygen atoms in total. The number of hydrogen-bond donors (Lipinski definition) is 0. The number of nitrogens with zero attached hydrogens (tertiary/aromatic N) is 1. The first-order valence-corrected chi connectivity index (χ1v) is 11.3. The maximum Gasteiger partial charge on any atom is 0.409 e. The summed E-state index contributed by atoms with van der Waals surface area (Å²) < 4.78 is 43.4. The van der Waals surface area contributed by atoms with Crippen LogP contribution < -0.4 is 0 Å². The average molecular weight is 493 g/mol. The molecule has 1 aliphatic rings. The van der Waals surface area contributed by atoms with E-state index >= 15 is 0 Å². The highest BCUT2D eigenvalue weighted by atomic mass is 35.5. The molecule has 0 radical (unpaired) electrons. The molecule has 0 saturated heterocycles. The number of alkyl halides is 3. The van der Waals surface area contributed by atoms with Gasteiger partial charge in [-0.2, -0.15) is 13.2 Å². The predicted octanol–water partition coefficient (Wildman–Crippen LogP) is 7.84. The minimum absolute atomic E-state index is 0.0116. The molecule has 3 rings (SSSR count). The van der Waals surface area contributed by atoms with Crippen LogP contribution in [-0.2, 0) is 18.3 Å². The van der Waals surface area contributed by atoms with Crippen molar-refractivity contribution in [3.63, 3.8) is 0 Å². The van der Waals surface area contributed by atoms with Crippen LogP contribution in [0.15, 0.2) is 17.1 Å². The molecule has 0 bridgehead atoms. The van der Waals surface area contributed by atoms with Gasteiger partial charge < -0.3 is 0 Å². The van der Waals surface area contributed by atoms with Crippen molar-refractivity contribution in [1.29, 1.82) is 0 Å². The fraction of sp³-hybridized carbons (Fsp3) is 0.409. The molecule has 160 valence electrons. The zero-order chi connectivity index (χ0) is 22.3. The van der Waals surface area contributed by atoms with Crippen LogP contribution in [0.3, 0.4) is 0 Å². The molecular formula is C22H19Cl3F3NS. The monoisotopic (exact) mass is 491 g/mol. The van der Waals surface area contributed by atoms with Crippen molar-refractivity contribution in [2.45, 2.75) is 50.6 Å². The van der Waals surface area contributed by atoms with Crippen molar-refractivity contribution in [2.75, 3.05) is 7.05 Å². The van der Waals surface area contributed by atoms with Gasteiger partial charge in [-0.25, -0.2) is 0 Å². The Morgan fingerprint density at radius 2 is 1.70 bits per heavy atom. The number of hydrogen-bond acceptors (Lipinski definition) is 2. The number of rotatable bonds is 4. The predicted molar refractivity (Wildman–Crippen MR) is 121 cm³/mol. The highest BCUT2D eigenvalue weighted by molar-refractivity contribution is 7.14. The third-order valence-corrected chi connectivity index (χ3v) is 8.03. The van der Waals surface area contributed by atoms with Crippen molar-refractivity contribution in [3.05, 3.63) is 53.6 Å². The molecule has 8 heteroatoms. The van der Waals surface area contributed by atoms with Crippen molar-refractivity contribution < 1.29 is 13.2 Å². The van der Waals surface area contributed by atoms with Crippen LogP contribution in [0.1, 0.15) is 45.7 Å². The van der Waals surface area contributed by atoms with Gasteiger partial charge in [0, 0.05) is 18.3 Å². The summed E-state index contributed by atoms with van der Waals surface area (Å²) in [5.74, 6) is 2.01. The van der Waals surface area contributed by atoms with Gasteiger partial charge in [-0.05, 0) is 61.4 Å². The second kappa shape index (κ2) is 8.74. The lowest BCUT2D eigenvalue weighted by molar-refractivity contribution is -0.171. The van der Waals surface area contributed by atoms with E-state index in [2.05, 4.69) is 4.99 Å². The van der Waals surface area contributed by atoms with Gasteiger partial charge in [0.25, 0.3) is 0 Å². The first kappa shape index (κ1) is 23.5. The fourth-order valence-electron chi connectivity index (χ4n) is 3.95. The minimum Gasteiger partial charge on any atom is -0.292 e. The lowest BCUT2D eigenvalue weighted by atomic mass is 9.75. The van der Waals surface area contributed by atoms with Gasteiger partial charge in [-0.3, -0.25) is 4.99 Å². The summed E-state index contributed by atoms with van der Waals surface area (Å²) in [7, 11) is 1.50. The van der Waals surface area contributed by atoms with Crippen molar-refractivity contribution in [1.82, 2.24) is 0 Å². The molecule has 1 aliphatic carbocycles. The van der Waals surface area contributed by atoms with E-state index in [1.165, 1.54) is 23.9 Å². The molecule has 1 unspecified atom stereocenters. The minimum atomic E-state index is -4.76. The van der Waals surface area contributed by atoms with Gasteiger partial charge in [0.05, 0.1) is 25.7 Å². The van der Waals surface area contributed by atoms with Crippen LogP contribution in [-0.4, -0.2) is 18.9 Å². The zero-order valence-corrected chi connectivity index (χ0v) is 19.5. The van der Waals surface area contributed by atoms with Gasteiger partial charge in [0.2, 0.25) is 0 Å². The molecule has 1 aromatic heterocycles. The Morgan fingerprint density at radius 3 is 2.20 bits per heavy atom. The summed E-state index contributed by atoms with van der Waals surface area (Å²) in [5.41, 5.74) is -0.189. The van der Waals surface area contributed by atoms with Crippen molar-refractivity contribution in [2.24, 2.45) is 4.99 Å². The molecule has 0 amide bonds. The number of fused-ring (bicyclic) bond motifs is 1. The normalized spacial score (nSPS) is 16.7. The molecule has 2 aromatic rings. The van der Waals surface area contributed by atoms with E-state index in [0.29, 0.717) is 5.71 Å². The van der Waals surface area contributed by atoms with Crippen LogP contribution in [0.25, 0.3) is 0 Å². The molecule has 0 fully saturated rings. The second-order valence-corrected chi connectivity index (χ2v) is 9.72. The summed E-state index contributed by atoms with van der Waals surface area (Å²) >= 11 is 19.5. The largest absolute Gasteiger partial charge is 0.409 e. The van der Waals surface area contributed by atoms with Crippen LogP contribution >= 0.6 is 46.1 Å². The third-order valence-electron chi connectivity index (χ3n) is 5.59. The molecule has 0 spiro atoms. The van der Waals surface area contributed by atoms with Gasteiger partial charge in [-0.15, -0.1) is 17.8 Å². The van der Waals surface area contributed by atoms with Gasteiger partial charge in [-0.1, -0.05) is 40.7 Å². The van der Waals surface area contributed by atoms with E-state index in [1.807, 2.05) is 12.8 Å². The number of aryl methyl sites for hydroxylation is 1. The van der Waals surface area contributed by atoms with Crippen LogP contribution in [0, 0.1) is 19.3 Å². The van der Waals surface area contributed by atoms with Gasteiger partial charge in [0.1, 0.15) is 0 Å². The Kier molecular flexibility index (Phi) is 6.84. The van der Waals surface area contributed by atoms with E-state index in [-0.39, 0.29) is 20.6 Å². The number of aliphatic imine (C=N–C) groups is 1. The fourth-order valence-corrected chi connectivity index (χ4v) is 5.83. The quantitative estimate of drug-likeness (QED) is 0.234. The van der Waals surface area contributed by atoms with Crippen molar-refractivity contribution in [3.8, 4) is 12.3 Å². The smallest absolute Gasteiger partial charge is 0.292 e. The zero-order valence-electron chi connectivity index (χ0n) is 16.4. The summed E-state index contributed by atoms with van der Waals surface area (Å²) in [6, 6.07) is 2.29. The Morgan fingerprint density at radius 1 is 1.13 bits per heavy atom. The molecule has 1 aromatic carbocycles. The Labute approximate surface area is 193 Å². The van der Waals surface area contributed by atoms with E-state index in [1.54, 1.807) is 0 Å². The first-order chi connectivity index (χ1) is 14.1. The van der Waals surface area contributed by atoms with Crippen LogP contribution in [0.4, 0.5) is 13.2 Å². The third kappa shape index (κ3) is 4.00. The standard InChI is InChI=1S/C22H19Cl3F3NS/c1-4-21(22(26,27)28,13-9-16(23)19(25)17(24)10-13)11-18(29-3)20-15-8-6-5-7-14(15)12(2)30-20/h1,9-10H,5-8,11H2,2-3H3. The molecule has 0 saturated carbocycles. The first-order valence-electron chi connectivity index (χ1n) is 9.32. The highest BCUT2D eigenvalue weighted by Crippen LogP contribution is 2.48.